The van der Waals surface area contributed by atoms with Crippen LogP contribution in [0.4, 0.5) is 17.6 Å². The Labute approximate surface area is 176 Å². The lowest BCUT2D eigenvalue weighted by atomic mass is 10.1. The van der Waals surface area contributed by atoms with E-state index in [1.54, 1.807) is 36.4 Å². The molecule has 4 aromatic rings. The number of hydrogen-bond acceptors (Lipinski definition) is 2. The van der Waals surface area contributed by atoms with Gasteiger partial charge in [-0.3, -0.25) is 0 Å². The van der Waals surface area contributed by atoms with Crippen molar-refractivity contribution in [2.45, 2.75) is 9.79 Å². The molecule has 2 nitrogen and oxygen atoms in total. The molecule has 0 heterocycles. The van der Waals surface area contributed by atoms with E-state index >= 15 is 0 Å². The van der Waals surface area contributed by atoms with Crippen molar-refractivity contribution < 1.29 is 26.0 Å². The van der Waals surface area contributed by atoms with Crippen molar-refractivity contribution in [2.75, 3.05) is 0 Å². The Hall–Kier alpha value is -3.45. The lowest BCUT2D eigenvalue weighted by Crippen LogP contribution is -2.13. The van der Waals surface area contributed by atoms with E-state index in [-0.39, 0.29) is 22.3 Å². The van der Waals surface area contributed by atoms with Gasteiger partial charge >= 0.3 is 0 Å². The van der Waals surface area contributed by atoms with Gasteiger partial charge in [-0.1, -0.05) is 60.7 Å². The molecule has 0 saturated heterocycles. The molecule has 4 rings (SSSR count). The van der Waals surface area contributed by atoms with E-state index in [0.717, 1.165) is 24.3 Å². The van der Waals surface area contributed by atoms with Crippen LogP contribution in [0.25, 0.3) is 22.3 Å². The fourth-order valence-corrected chi connectivity index (χ4v) is 5.20. The van der Waals surface area contributed by atoms with E-state index in [2.05, 4.69) is 0 Å². The fraction of sp³-hybridized carbons (Fsp3) is 0. The van der Waals surface area contributed by atoms with Crippen LogP contribution in [0.5, 0.6) is 0 Å². The average Bonchev–Trinajstić information content (AvgIpc) is 2.78. The smallest absolute Gasteiger partial charge is 0.213 e. The van der Waals surface area contributed by atoms with Gasteiger partial charge in [-0.15, -0.1) is 0 Å². The molecule has 0 aliphatic heterocycles. The summed E-state index contributed by atoms with van der Waals surface area (Å²) in [5.74, 6) is -6.17. The number of hydrogen-bond donors (Lipinski definition) is 0. The topological polar surface area (TPSA) is 34.1 Å². The molecule has 31 heavy (non-hydrogen) atoms. The third-order valence-corrected chi connectivity index (χ3v) is 6.68. The van der Waals surface area contributed by atoms with Crippen LogP contribution in [-0.2, 0) is 9.84 Å². The maximum atomic E-state index is 14.9. The number of benzene rings is 4. The second-order valence-electron chi connectivity index (χ2n) is 6.71. The van der Waals surface area contributed by atoms with Gasteiger partial charge in [0.1, 0.15) is 9.79 Å². The largest absolute Gasteiger partial charge is 0.218 e. The van der Waals surface area contributed by atoms with Gasteiger partial charge in [-0.2, -0.15) is 0 Å². The quantitative estimate of drug-likeness (QED) is 0.342. The number of rotatable bonds is 4. The molecule has 0 unspecified atom stereocenters. The first-order valence-electron chi connectivity index (χ1n) is 9.14. The van der Waals surface area contributed by atoms with Gasteiger partial charge in [0, 0.05) is 11.1 Å². The first-order valence-corrected chi connectivity index (χ1v) is 10.6. The van der Waals surface area contributed by atoms with Crippen molar-refractivity contribution in [3.63, 3.8) is 0 Å². The third-order valence-electron chi connectivity index (χ3n) is 4.81. The van der Waals surface area contributed by atoms with E-state index < -0.39 is 42.9 Å². The third kappa shape index (κ3) is 3.61. The van der Waals surface area contributed by atoms with Crippen molar-refractivity contribution in [1.82, 2.24) is 0 Å². The molecule has 0 spiro atoms. The van der Waals surface area contributed by atoms with Crippen molar-refractivity contribution in [1.29, 1.82) is 0 Å². The molecule has 7 heteroatoms. The summed E-state index contributed by atoms with van der Waals surface area (Å²) in [6, 6.07) is 19.5. The Morgan fingerprint density at radius 3 is 1.19 bits per heavy atom. The van der Waals surface area contributed by atoms with Crippen molar-refractivity contribution in [3.8, 4) is 22.3 Å². The predicted octanol–water partition coefficient (Wildman–Crippen LogP) is 6.41. The summed E-state index contributed by atoms with van der Waals surface area (Å²) in [6.45, 7) is 0. The van der Waals surface area contributed by atoms with Crippen LogP contribution in [0.2, 0.25) is 0 Å². The highest BCUT2D eigenvalue weighted by atomic mass is 32.2. The zero-order valence-corrected chi connectivity index (χ0v) is 16.6. The molecule has 0 atom stereocenters. The van der Waals surface area contributed by atoms with Crippen molar-refractivity contribution in [2.24, 2.45) is 0 Å². The molecular weight excluding hydrogens is 428 g/mol. The zero-order valence-electron chi connectivity index (χ0n) is 15.8. The van der Waals surface area contributed by atoms with Crippen LogP contribution in [-0.4, -0.2) is 8.42 Å². The normalized spacial score (nSPS) is 11.5. The second-order valence-corrected chi connectivity index (χ2v) is 8.53. The minimum Gasteiger partial charge on any atom is -0.218 e. The van der Waals surface area contributed by atoms with Crippen LogP contribution in [0, 0.1) is 23.3 Å². The van der Waals surface area contributed by atoms with E-state index in [0.29, 0.717) is 0 Å². The highest BCUT2D eigenvalue weighted by Crippen LogP contribution is 2.39. The minimum absolute atomic E-state index is 0.165. The summed E-state index contributed by atoms with van der Waals surface area (Å²) < 4.78 is 85.2. The Bertz CT molecular complexity index is 1270. The highest BCUT2D eigenvalue weighted by molar-refractivity contribution is 7.91. The van der Waals surface area contributed by atoms with Crippen molar-refractivity contribution in [3.05, 3.63) is 108 Å². The highest BCUT2D eigenvalue weighted by Gasteiger charge is 2.34. The van der Waals surface area contributed by atoms with E-state index in [1.165, 1.54) is 24.3 Å². The van der Waals surface area contributed by atoms with Gasteiger partial charge < -0.3 is 0 Å². The predicted molar refractivity (Wildman–Crippen MR) is 109 cm³/mol. The van der Waals surface area contributed by atoms with E-state index in [4.69, 9.17) is 0 Å². The fourth-order valence-electron chi connectivity index (χ4n) is 3.38. The molecule has 0 N–H and O–H groups in total. The molecule has 0 amide bonds. The van der Waals surface area contributed by atoms with E-state index in [9.17, 15) is 26.0 Å². The SMILES string of the molecule is O=S(=O)(c1c(-c2ccccc2)ccc(F)c1F)c1c(-c2ccccc2)ccc(F)c1F. The van der Waals surface area contributed by atoms with Crippen LogP contribution in [0.3, 0.4) is 0 Å². The number of halogens is 4. The minimum atomic E-state index is -5.03. The van der Waals surface area contributed by atoms with Crippen LogP contribution < -0.4 is 0 Å². The summed E-state index contributed by atoms with van der Waals surface area (Å²) in [5.41, 5.74) is 0.223. The second kappa shape index (κ2) is 8.00. The maximum absolute atomic E-state index is 14.9. The molecule has 0 aliphatic carbocycles. The first kappa shape index (κ1) is 20.8. The van der Waals surface area contributed by atoms with Crippen molar-refractivity contribution >= 4 is 9.84 Å². The summed E-state index contributed by atoms with van der Waals surface area (Å²) in [4.78, 5) is -2.11. The van der Waals surface area contributed by atoms with Gasteiger partial charge in [0.2, 0.25) is 9.84 Å². The Kier molecular flexibility index (Phi) is 5.37. The standard InChI is InChI=1S/C24H14F4O2S/c25-19-13-11-17(15-7-3-1-4-8-15)23(21(19)27)31(29,30)24-18(12-14-20(26)22(24)28)16-9-5-2-6-10-16/h1-14H. The van der Waals surface area contributed by atoms with Crippen LogP contribution in [0.1, 0.15) is 0 Å². The van der Waals surface area contributed by atoms with Gasteiger partial charge in [0.05, 0.1) is 0 Å². The molecule has 0 radical (unpaired) electrons. The zero-order chi connectivity index (χ0) is 22.2. The van der Waals surface area contributed by atoms with E-state index in [1.807, 2.05) is 0 Å². The summed E-state index contributed by atoms with van der Waals surface area (Å²) in [6.07, 6.45) is 0. The molecule has 4 aromatic carbocycles. The van der Waals surface area contributed by atoms with Crippen LogP contribution in [0.15, 0.2) is 94.7 Å². The molecule has 0 aromatic heterocycles. The maximum Gasteiger partial charge on any atom is 0.213 e. The van der Waals surface area contributed by atoms with Gasteiger partial charge in [0.15, 0.2) is 23.3 Å². The average molecular weight is 442 g/mol. The Morgan fingerprint density at radius 2 is 0.839 bits per heavy atom. The molecule has 0 saturated carbocycles. The Balaban J connectivity index is 2.09. The Morgan fingerprint density at radius 1 is 0.484 bits per heavy atom. The lowest BCUT2D eigenvalue weighted by Gasteiger charge is -2.16. The molecule has 0 aliphatic rings. The van der Waals surface area contributed by atoms with Gasteiger partial charge in [-0.05, 0) is 35.4 Å². The molecule has 156 valence electrons. The van der Waals surface area contributed by atoms with Gasteiger partial charge in [-0.25, -0.2) is 26.0 Å². The molecule has 0 bridgehead atoms. The summed E-state index contributed by atoms with van der Waals surface area (Å²) in [7, 11) is -5.03. The van der Waals surface area contributed by atoms with Gasteiger partial charge in [0.25, 0.3) is 0 Å². The summed E-state index contributed by atoms with van der Waals surface area (Å²) in [5, 5.41) is 0. The molecular formula is C24H14F4O2S. The monoisotopic (exact) mass is 442 g/mol. The first-order chi connectivity index (χ1) is 14.8. The van der Waals surface area contributed by atoms with Crippen LogP contribution >= 0.6 is 0 Å². The number of sulfone groups is 1. The lowest BCUT2D eigenvalue weighted by molar-refractivity contribution is 0.476. The molecule has 0 fully saturated rings. The summed E-state index contributed by atoms with van der Waals surface area (Å²) >= 11 is 0.